The van der Waals surface area contributed by atoms with Gasteiger partial charge in [0.1, 0.15) is 11.5 Å². The second-order valence-electron chi connectivity index (χ2n) is 2.95. The molecule has 0 bridgehead atoms. The van der Waals surface area contributed by atoms with E-state index in [1.807, 2.05) is 14.1 Å². The lowest BCUT2D eigenvalue weighted by molar-refractivity contribution is -0.114. The first kappa shape index (κ1) is 9.42. The van der Waals surface area contributed by atoms with Crippen molar-refractivity contribution in [3.8, 4) is 0 Å². The Morgan fingerprint density at radius 1 is 1.46 bits per heavy atom. The van der Waals surface area contributed by atoms with Gasteiger partial charge in [0.2, 0.25) is 0 Å². The molecule has 0 aromatic rings. The van der Waals surface area contributed by atoms with Crippen LogP contribution in [-0.4, -0.2) is 37.1 Å². The maximum absolute atomic E-state index is 11.1. The zero-order chi connectivity index (χ0) is 10.0. The quantitative estimate of drug-likeness (QED) is 0.425. The number of amides is 1. The van der Waals surface area contributed by atoms with E-state index in [1.54, 1.807) is 17.8 Å². The van der Waals surface area contributed by atoms with E-state index in [-0.39, 0.29) is 5.57 Å². The maximum Gasteiger partial charge on any atom is 0.288 e. The van der Waals surface area contributed by atoms with E-state index < -0.39 is 5.91 Å². The van der Waals surface area contributed by atoms with Crippen molar-refractivity contribution in [3.05, 3.63) is 16.8 Å². The molecule has 0 saturated heterocycles. The van der Waals surface area contributed by atoms with Crippen molar-refractivity contribution in [3.63, 3.8) is 0 Å². The van der Waals surface area contributed by atoms with Gasteiger partial charge < -0.3 is 4.90 Å². The van der Waals surface area contributed by atoms with E-state index in [4.69, 9.17) is 0 Å². The van der Waals surface area contributed by atoms with Crippen molar-refractivity contribution < 1.29 is 9.59 Å². The second-order valence-corrected chi connectivity index (χ2v) is 2.95. The summed E-state index contributed by atoms with van der Waals surface area (Å²) in [6.07, 6.45) is 1.46. The van der Waals surface area contributed by atoms with Gasteiger partial charge in [-0.25, -0.2) is 9.79 Å². The third-order valence-electron chi connectivity index (χ3n) is 1.86. The Balaban J connectivity index is 3.26. The first-order valence-electron chi connectivity index (χ1n) is 3.80. The molecular formula is C9H10N2O2. The standard InChI is InChI=1S/C9H10N2O2/c1-6-7(5-12)9(13)10-4-8(6)11(2)3/h4H,1-3H3. The third kappa shape index (κ3) is 1.58. The van der Waals surface area contributed by atoms with Gasteiger partial charge in [-0.1, -0.05) is 0 Å². The molecule has 0 aliphatic carbocycles. The van der Waals surface area contributed by atoms with Crippen molar-refractivity contribution in [1.29, 1.82) is 0 Å². The van der Waals surface area contributed by atoms with Crippen LogP contribution in [0.2, 0.25) is 0 Å². The van der Waals surface area contributed by atoms with Crippen LogP contribution in [0.4, 0.5) is 0 Å². The molecule has 1 aliphatic heterocycles. The molecule has 0 spiro atoms. The molecule has 0 aromatic carbocycles. The second kappa shape index (κ2) is 3.37. The monoisotopic (exact) mass is 178 g/mol. The summed E-state index contributed by atoms with van der Waals surface area (Å²) in [6.45, 7) is 1.71. The Morgan fingerprint density at radius 2 is 2.08 bits per heavy atom. The van der Waals surface area contributed by atoms with Gasteiger partial charge in [-0.05, 0) is 12.5 Å². The van der Waals surface area contributed by atoms with Gasteiger partial charge in [0.15, 0.2) is 0 Å². The maximum atomic E-state index is 11.1. The lowest BCUT2D eigenvalue weighted by Crippen LogP contribution is -2.20. The third-order valence-corrected chi connectivity index (χ3v) is 1.86. The van der Waals surface area contributed by atoms with Crippen molar-refractivity contribution >= 4 is 18.1 Å². The molecule has 1 heterocycles. The topological polar surface area (TPSA) is 49.7 Å². The van der Waals surface area contributed by atoms with Crippen LogP contribution < -0.4 is 0 Å². The molecule has 0 unspecified atom stereocenters. The smallest absolute Gasteiger partial charge is 0.288 e. The number of dihydropyridines is 1. The molecule has 1 amide bonds. The summed E-state index contributed by atoms with van der Waals surface area (Å²) in [4.78, 5) is 26.9. The molecule has 4 nitrogen and oxygen atoms in total. The molecule has 0 saturated carbocycles. The van der Waals surface area contributed by atoms with Gasteiger partial charge in [-0.15, -0.1) is 0 Å². The Labute approximate surface area is 76.3 Å². The van der Waals surface area contributed by atoms with E-state index in [2.05, 4.69) is 4.99 Å². The van der Waals surface area contributed by atoms with E-state index >= 15 is 0 Å². The minimum atomic E-state index is -0.516. The molecule has 0 N–H and O–H groups in total. The number of nitrogens with zero attached hydrogens (tertiary/aromatic N) is 2. The van der Waals surface area contributed by atoms with Crippen molar-refractivity contribution in [2.24, 2.45) is 4.99 Å². The number of rotatable bonds is 1. The van der Waals surface area contributed by atoms with Crippen molar-refractivity contribution in [2.45, 2.75) is 6.92 Å². The summed E-state index contributed by atoms with van der Waals surface area (Å²) < 4.78 is 0. The molecule has 0 fully saturated rings. The number of carbonyl (C=O) groups excluding carboxylic acids is 2. The number of carbonyl (C=O) groups is 1. The fourth-order valence-corrected chi connectivity index (χ4v) is 1.14. The van der Waals surface area contributed by atoms with E-state index in [0.29, 0.717) is 5.57 Å². The average Bonchev–Trinajstić information content (AvgIpc) is 2.04. The Hall–Kier alpha value is -1.67. The first-order valence-corrected chi connectivity index (χ1v) is 3.80. The number of hydrogen-bond acceptors (Lipinski definition) is 3. The van der Waals surface area contributed by atoms with Crippen LogP contribution in [0.25, 0.3) is 0 Å². The number of aliphatic imine (C=N–C) groups is 1. The van der Waals surface area contributed by atoms with Crippen molar-refractivity contribution in [2.75, 3.05) is 14.1 Å². The molecule has 1 rings (SSSR count). The van der Waals surface area contributed by atoms with Gasteiger partial charge in [-0.3, -0.25) is 4.79 Å². The fourth-order valence-electron chi connectivity index (χ4n) is 1.14. The van der Waals surface area contributed by atoms with E-state index in [0.717, 1.165) is 5.70 Å². The highest BCUT2D eigenvalue weighted by Gasteiger charge is 2.20. The summed E-state index contributed by atoms with van der Waals surface area (Å²) in [5, 5.41) is 0. The van der Waals surface area contributed by atoms with Crippen LogP contribution in [0, 0.1) is 0 Å². The SMILES string of the molecule is CC1=C(N(C)C)C=NC(=O)C1=C=O. The van der Waals surface area contributed by atoms with Crippen molar-refractivity contribution in [1.82, 2.24) is 4.90 Å². The van der Waals surface area contributed by atoms with Gasteiger partial charge in [0.25, 0.3) is 5.91 Å². The van der Waals surface area contributed by atoms with Gasteiger partial charge in [-0.2, -0.15) is 0 Å². The summed E-state index contributed by atoms with van der Waals surface area (Å²) >= 11 is 0. The van der Waals surface area contributed by atoms with E-state index in [9.17, 15) is 9.59 Å². The molecule has 4 heteroatoms. The van der Waals surface area contributed by atoms with Crippen LogP contribution in [0.1, 0.15) is 6.92 Å². The summed E-state index contributed by atoms with van der Waals surface area (Å²) in [5.41, 5.74) is 1.41. The van der Waals surface area contributed by atoms with Crippen LogP contribution in [0.5, 0.6) is 0 Å². The highest BCUT2D eigenvalue weighted by Crippen LogP contribution is 2.17. The molecule has 0 atom stereocenters. The van der Waals surface area contributed by atoms with Gasteiger partial charge in [0, 0.05) is 14.1 Å². The lowest BCUT2D eigenvalue weighted by atomic mass is 10.0. The highest BCUT2D eigenvalue weighted by molar-refractivity contribution is 6.13. The predicted octanol–water partition coefficient (Wildman–Crippen LogP) is 0.191. The zero-order valence-corrected chi connectivity index (χ0v) is 7.79. The first-order chi connectivity index (χ1) is 6.07. The predicted molar refractivity (Wildman–Crippen MR) is 49.1 cm³/mol. The number of allylic oxidation sites excluding steroid dienone is 1. The van der Waals surface area contributed by atoms with Crippen LogP contribution in [0.3, 0.4) is 0 Å². The van der Waals surface area contributed by atoms with Crippen LogP contribution in [0.15, 0.2) is 21.8 Å². The summed E-state index contributed by atoms with van der Waals surface area (Å²) in [6, 6.07) is 0. The average molecular weight is 178 g/mol. The van der Waals surface area contributed by atoms with Gasteiger partial charge >= 0.3 is 0 Å². The van der Waals surface area contributed by atoms with Crippen LogP contribution >= 0.6 is 0 Å². The molecule has 68 valence electrons. The largest absolute Gasteiger partial charge is 0.376 e. The molecule has 0 radical (unpaired) electrons. The molecule has 1 aliphatic rings. The van der Waals surface area contributed by atoms with E-state index in [1.165, 1.54) is 6.21 Å². The minimum Gasteiger partial charge on any atom is -0.376 e. The normalized spacial score (nSPS) is 16.2. The number of hydrogen-bond donors (Lipinski definition) is 0. The van der Waals surface area contributed by atoms with Crippen LogP contribution in [-0.2, 0) is 9.59 Å². The Kier molecular flexibility index (Phi) is 2.44. The van der Waals surface area contributed by atoms with Gasteiger partial charge in [0.05, 0.1) is 11.9 Å². The summed E-state index contributed by atoms with van der Waals surface area (Å²) in [5.74, 6) is 1.09. The molecular weight excluding hydrogens is 168 g/mol. The summed E-state index contributed by atoms with van der Waals surface area (Å²) in [7, 11) is 3.64. The lowest BCUT2D eigenvalue weighted by Gasteiger charge is -2.18. The fraction of sp³-hybridized carbons (Fsp3) is 0.333. The minimum absolute atomic E-state index is 0.0196. The molecule has 0 aromatic heterocycles. The Bertz CT molecular complexity index is 358. The zero-order valence-electron chi connectivity index (χ0n) is 7.79. The molecule has 13 heavy (non-hydrogen) atoms. The Morgan fingerprint density at radius 3 is 2.54 bits per heavy atom. The highest BCUT2D eigenvalue weighted by atomic mass is 16.2.